The predicted molar refractivity (Wildman–Crippen MR) is 79.9 cm³/mol. The minimum absolute atomic E-state index is 0.415. The molecule has 0 spiro atoms. The number of benzene rings is 2. The van der Waals surface area contributed by atoms with Crippen molar-refractivity contribution in [3.05, 3.63) is 64.9 Å². The van der Waals surface area contributed by atoms with Crippen LogP contribution < -0.4 is 10.5 Å². The van der Waals surface area contributed by atoms with Crippen LogP contribution in [-0.4, -0.2) is 0 Å². The number of hydrogen-bond donors (Lipinski definition) is 1. The molecule has 1 heterocycles. The quantitative estimate of drug-likeness (QED) is 0.785. The highest BCUT2D eigenvalue weighted by atomic mass is 35.5. The van der Waals surface area contributed by atoms with E-state index < -0.39 is 0 Å². The molecule has 0 atom stereocenters. The zero-order chi connectivity index (χ0) is 13.9. The average Bonchev–Trinajstić information content (AvgIpc) is 2.88. The fourth-order valence-electron chi connectivity index (χ4n) is 2.08. The monoisotopic (exact) mass is 287 g/mol. The zero-order valence-corrected chi connectivity index (χ0v) is 11.6. The van der Waals surface area contributed by atoms with Crippen LogP contribution in [0.1, 0.15) is 11.1 Å². The fourth-order valence-corrected chi connectivity index (χ4v) is 2.27. The molecule has 20 heavy (non-hydrogen) atoms. The molecule has 3 aromatic rings. The van der Waals surface area contributed by atoms with Crippen molar-refractivity contribution in [1.29, 1.82) is 0 Å². The first-order valence-electron chi connectivity index (χ1n) is 6.34. The maximum atomic E-state index is 6.06. The predicted octanol–water partition coefficient (Wildman–Crippen LogP) is 4.12. The van der Waals surface area contributed by atoms with E-state index in [4.69, 9.17) is 26.5 Å². The molecule has 3 nitrogen and oxygen atoms in total. The van der Waals surface area contributed by atoms with E-state index in [1.165, 1.54) is 0 Å². The molecular weight excluding hydrogens is 274 g/mol. The Kier molecular flexibility index (Phi) is 3.63. The highest BCUT2D eigenvalue weighted by Gasteiger charge is 2.08. The smallest absolute Gasteiger partial charge is 0.138 e. The number of ether oxygens (including phenoxy) is 1. The number of nitrogens with two attached hydrogens (primary N) is 1. The van der Waals surface area contributed by atoms with Crippen molar-refractivity contribution in [2.45, 2.75) is 13.2 Å². The standard InChI is InChI=1S/C16H14ClNO2/c17-14-3-1-2-4-15(14)19-9-12-10-20-16-7-11(8-18)5-6-13(12)16/h1-7,10H,8-9,18H2. The van der Waals surface area contributed by atoms with Gasteiger partial charge in [0.15, 0.2) is 0 Å². The summed E-state index contributed by atoms with van der Waals surface area (Å²) < 4.78 is 11.3. The SMILES string of the molecule is NCc1ccc2c(COc3ccccc3Cl)coc2c1. The summed E-state index contributed by atoms with van der Waals surface area (Å²) in [7, 11) is 0. The molecule has 0 amide bonds. The van der Waals surface area contributed by atoms with Gasteiger partial charge in [-0.1, -0.05) is 35.9 Å². The Morgan fingerprint density at radius 2 is 2.00 bits per heavy atom. The van der Waals surface area contributed by atoms with Gasteiger partial charge in [0, 0.05) is 17.5 Å². The van der Waals surface area contributed by atoms with Crippen molar-refractivity contribution in [2.75, 3.05) is 0 Å². The van der Waals surface area contributed by atoms with Gasteiger partial charge in [-0.3, -0.25) is 0 Å². The lowest BCUT2D eigenvalue weighted by atomic mass is 10.1. The van der Waals surface area contributed by atoms with Gasteiger partial charge in [0.05, 0.1) is 11.3 Å². The van der Waals surface area contributed by atoms with Crippen LogP contribution in [0.4, 0.5) is 0 Å². The summed E-state index contributed by atoms with van der Waals surface area (Å²) in [6.07, 6.45) is 1.71. The second kappa shape index (κ2) is 5.57. The second-order valence-corrected chi connectivity index (χ2v) is 4.92. The molecule has 0 unspecified atom stereocenters. The van der Waals surface area contributed by atoms with Crippen LogP contribution in [0.15, 0.2) is 53.1 Å². The van der Waals surface area contributed by atoms with Crippen LogP contribution in [0.2, 0.25) is 5.02 Å². The average molecular weight is 288 g/mol. The molecule has 2 aromatic carbocycles. The number of fused-ring (bicyclic) bond motifs is 1. The summed E-state index contributed by atoms with van der Waals surface area (Å²) in [5.41, 5.74) is 8.48. The van der Waals surface area contributed by atoms with E-state index in [2.05, 4.69) is 0 Å². The minimum atomic E-state index is 0.415. The molecule has 1 aromatic heterocycles. The Balaban J connectivity index is 1.83. The van der Waals surface area contributed by atoms with Crippen LogP contribution in [0.3, 0.4) is 0 Å². The number of rotatable bonds is 4. The van der Waals surface area contributed by atoms with Crippen molar-refractivity contribution in [3.63, 3.8) is 0 Å². The third-order valence-corrected chi connectivity index (χ3v) is 3.49. The molecule has 2 N–H and O–H groups in total. The molecule has 0 saturated carbocycles. The molecule has 0 saturated heterocycles. The summed E-state index contributed by atoms with van der Waals surface area (Å²) in [5.74, 6) is 0.669. The highest BCUT2D eigenvalue weighted by molar-refractivity contribution is 6.32. The second-order valence-electron chi connectivity index (χ2n) is 4.51. The molecule has 0 aliphatic rings. The maximum Gasteiger partial charge on any atom is 0.138 e. The number of para-hydroxylation sites is 1. The Labute approximate surface area is 121 Å². The molecule has 0 fully saturated rings. The Morgan fingerprint density at radius 1 is 1.15 bits per heavy atom. The van der Waals surface area contributed by atoms with Crippen LogP contribution in [-0.2, 0) is 13.2 Å². The van der Waals surface area contributed by atoms with Crippen LogP contribution in [0.5, 0.6) is 5.75 Å². The van der Waals surface area contributed by atoms with Gasteiger partial charge in [-0.15, -0.1) is 0 Å². The third kappa shape index (κ3) is 2.50. The lowest BCUT2D eigenvalue weighted by Crippen LogP contribution is -1.96. The molecule has 0 aliphatic heterocycles. The molecule has 4 heteroatoms. The maximum absolute atomic E-state index is 6.06. The zero-order valence-electron chi connectivity index (χ0n) is 10.8. The Bertz CT molecular complexity index is 736. The van der Waals surface area contributed by atoms with E-state index in [0.29, 0.717) is 23.9 Å². The van der Waals surface area contributed by atoms with Crippen molar-refractivity contribution < 1.29 is 9.15 Å². The van der Waals surface area contributed by atoms with E-state index in [1.807, 2.05) is 36.4 Å². The molecular formula is C16H14ClNO2. The van der Waals surface area contributed by atoms with Crippen LogP contribution in [0.25, 0.3) is 11.0 Å². The molecule has 102 valence electrons. The summed E-state index contributed by atoms with van der Waals surface area (Å²) in [5, 5.41) is 1.64. The molecule has 0 bridgehead atoms. The summed E-state index contributed by atoms with van der Waals surface area (Å²) in [6.45, 7) is 0.917. The first-order chi connectivity index (χ1) is 9.78. The van der Waals surface area contributed by atoms with Gasteiger partial charge >= 0.3 is 0 Å². The van der Waals surface area contributed by atoms with Crippen molar-refractivity contribution in [1.82, 2.24) is 0 Å². The molecule has 3 rings (SSSR count). The van der Waals surface area contributed by atoms with E-state index >= 15 is 0 Å². The Morgan fingerprint density at radius 3 is 2.80 bits per heavy atom. The number of halogens is 1. The third-order valence-electron chi connectivity index (χ3n) is 3.18. The molecule has 0 radical (unpaired) electrons. The topological polar surface area (TPSA) is 48.4 Å². The minimum Gasteiger partial charge on any atom is -0.487 e. The summed E-state index contributed by atoms with van der Waals surface area (Å²) in [4.78, 5) is 0. The normalized spacial score (nSPS) is 10.9. The van der Waals surface area contributed by atoms with E-state index in [1.54, 1.807) is 12.3 Å². The van der Waals surface area contributed by atoms with Gasteiger partial charge in [0.1, 0.15) is 17.9 Å². The van der Waals surface area contributed by atoms with Crippen molar-refractivity contribution in [3.8, 4) is 5.75 Å². The van der Waals surface area contributed by atoms with Crippen LogP contribution >= 0.6 is 11.6 Å². The van der Waals surface area contributed by atoms with Gasteiger partial charge in [0.2, 0.25) is 0 Å². The highest BCUT2D eigenvalue weighted by Crippen LogP contribution is 2.27. The first kappa shape index (κ1) is 13.0. The lowest BCUT2D eigenvalue weighted by molar-refractivity contribution is 0.306. The van der Waals surface area contributed by atoms with Gasteiger partial charge in [-0.05, 0) is 23.8 Å². The Hall–Kier alpha value is -1.97. The van der Waals surface area contributed by atoms with Gasteiger partial charge in [-0.2, -0.15) is 0 Å². The summed E-state index contributed by atoms with van der Waals surface area (Å²) >= 11 is 6.06. The van der Waals surface area contributed by atoms with E-state index in [-0.39, 0.29) is 0 Å². The fraction of sp³-hybridized carbons (Fsp3) is 0.125. The summed E-state index contributed by atoms with van der Waals surface area (Å²) in [6, 6.07) is 13.4. The van der Waals surface area contributed by atoms with Crippen molar-refractivity contribution >= 4 is 22.6 Å². The van der Waals surface area contributed by atoms with Gasteiger partial charge in [0.25, 0.3) is 0 Å². The molecule has 0 aliphatic carbocycles. The number of hydrogen-bond acceptors (Lipinski definition) is 3. The van der Waals surface area contributed by atoms with E-state index in [9.17, 15) is 0 Å². The number of furan rings is 1. The van der Waals surface area contributed by atoms with Gasteiger partial charge in [-0.25, -0.2) is 0 Å². The van der Waals surface area contributed by atoms with E-state index in [0.717, 1.165) is 22.1 Å². The van der Waals surface area contributed by atoms with Crippen molar-refractivity contribution in [2.24, 2.45) is 5.73 Å². The first-order valence-corrected chi connectivity index (χ1v) is 6.72. The van der Waals surface area contributed by atoms with Gasteiger partial charge < -0.3 is 14.9 Å². The lowest BCUT2D eigenvalue weighted by Gasteiger charge is -2.06. The largest absolute Gasteiger partial charge is 0.487 e. The van der Waals surface area contributed by atoms with Crippen LogP contribution in [0, 0.1) is 0 Å².